The number of fused-ring (bicyclic) bond motifs is 1. The van der Waals surface area contributed by atoms with Crippen LogP contribution < -0.4 is 15.6 Å². The topological polar surface area (TPSA) is 76.1 Å². The molecule has 2 aromatic carbocycles. The fourth-order valence-corrected chi connectivity index (χ4v) is 3.10. The van der Waals surface area contributed by atoms with E-state index in [0.29, 0.717) is 16.5 Å². The van der Waals surface area contributed by atoms with Gasteiger partial charge in [-0.05, 0) is 36.5 Å². The van der Waals surface area contributed by atoms with Gasteiger partial charge >= 0.3 is 6.61 Å². The van der Waals surface area contributed by atoms with Crippen LogP contribution in [0.3, 0.4) is 0 Å². The summed E-state index contributed by atoms with van der Waals surface area (Å²) >= 11 is 5.19. The van der Waals surface area contributed by atoms with Gasteiger partial charge in [-0.25, -0.2) is 0 Å². The number of carbonyl (C=O) groups is 1. The molecule has 1 heterocycles. The summed E-state index contributed by atoms with van der Waals surface area (Å²) in [5.41, 5.74) is 0.841. The maximum Gasteiger partial charge on any atom is 0.387 e. The first kappa shape index (κ1) is 20.4. The zero-order valence-electron chi connectivity index (χ0n) is 15.2. The van der Waals surface area contributed by atoms with Crippen molar-refractivity contribution in [2.24, 2.45) is 0 Å². The zero-order valence-corrected chi connectivity index (χ0v) is 16.0. The first-order chi connectivity index (χ1) is 13.9. The highest BCUT2D eigenvalue weighted by atomic mass is 32.1. The average molecular weight is 417 g/mol. The number of allylic oxidation sites excluding steroid dienone is 1. The van der Waals surface area contributed by atoms with Crippen LogP contribution in [0.2, 0.25) is 0 Å². The van der Waals surface area contributed by atoms with Crippen molar-refractivity contribution in [2.45, 2.75) is 19.7 Å². The van der Waals surface area contributed by atoms with Gasteiger partial charge in [0.2, 0.25) is 0 Å². The highest BCUT2D eigenvalue weighted by Gasteiger charge is 2.13. The molecule has 0 unspecified atom stereocenters. The van der Waals surface area contributed by atoms with Gasteiger partial charge in [0, 0.05) is 24.2 Å². The lowest BCUT2D eigenvalue weighted by molar-refractivity contribution is -0.0504. The van der Waals surface area contributed by atoms with Crippen LogP contribution in [0.4, 0.5) is 8.78 Å². The Morgan fingerprint density at radius 2 is 2.07 bits per heavy atom. The average Bonchev–Trinajstić information content (AvgIpc) is 2.69. The summed E-state index contributed by atoms with van der Waals surface area (Å²) in [5, 5.41) is 3.04. The molecule has 1 amide bonds. The van der Waals surface area contributed by atoms with Gasteiger partial charge < -0.3 is 15.0 Å². The second-order valence-electron chi connectivity index (χ2n) is 6.06. The molecule has 0 atom stereocenters. The van der Waals surface area contributed by atoms with Crippen LogP contribution in [0.5, 0.6) is 5.75 Å². The molecular formula is C20H17F2N3O3S. The molecule has 0 aliphatic heterocycles. The molecule has 0 bridgehead atoms. The largest absolute Gasteiger partial charge is 0.434 e. The van der Waals surface area contributed by atoms with E-state index in [9.17, 15) is 18.4 Å². The number of rotatable bonds is 7. The Kier molecular flexibility index (Phi) is 6.18. The van der Waals surface area contributed by atoms with Crippen molar-refractivity contribution in [1.29, 1.82) is 0 Å². The second kappa shape index (κ2) is 8.78. The number of amides is 1. The number of ether oxygens (including phenoxy) is 1. The highest BCUT2D eigenvalue weighted by Crippen LogP contribution is 2.20. The molecule has 0 radical (unpaired) electrons. The molecule has 0 saturated carbocycles. The van der Waals surface area contributed by atoms with Crippen molar-refractivity contribution in [3.8, 4) is 5.75 Å². The molecule has 3 aromatic rings. The number of aromatic nitrogens is 2. The molecule has 3 rings (SSSR count). The van der Waals surface area contributed by atoms with Crippen molar-refractivity contribution in [2.75, 3.05) is 0 Å². The lowest BCUT2D eigenvalue weighted by Crippen LogP contribution is -2.24. The molecule has 29 heavy (non-hydrogen) atoms. The van der Waals surface area contributed by atoms with Crippen LogP contribution in [0.25, 0.3) is 10.9 Å². The molecule has 0 aliphatic carbocycles. The minimum Gasteiger partial charge on any atom is -0.434 e. The highest BCUT2D eigenvalue weighted by molar-refractivity contribution is 7.71. The van der Waals surface area contributed by atoms with Crippen LogP contribution in [0.1, 0.15) is 15.9 Å². The number of benzene rings is 2. The maximum atomic E-state index is 12.5. The van der Waals surface area contributed by atoms with E-state index in [4.69, 9.17) is 12.2 Å². The van der Waals surface area contributed by atoms with E-state index < -0.39 is 12.5 Å². The van der Waals surface area contributed by atoms with Crippen LogP contribution in [-0.4, -0.2) is 22.1 Å². The normalized spacial score (nSPS) is 10.9. The van der Waals surface area contributed by atoms with Gasteiger partial charge in [0.05, 0.1) is 10.9 Å². The summed E-state index contributed by atoms with van der Waals surface area (Å²) in [4.78, 5) is 27.9. The van der Waals surface area contributed by atoms with E-state index in [0.717, 1.165) is 0 Å². The maximum absolute atomic E-state index is 12.5. The Labute approximate surface area is 169 Å². The van der Waals surface area contributed by atoms with Crippen LogP contribution in [0.15, 0.2) is 59.9 Å². The quantitative estimate of drug-likeness (QED) is 0.453. The summed E-state index contributed by atoms with van der Waals surface area (Å²) in [6.07, 6.45) is 1.56. The van der Waals surface area contributed by atoms with Gasteiger partial charge in [0.15, 0.2) is 4.77 Å². The molecule has 1 aromatic heterocycles. The second-order valence-corrected chi connectivity index (χ2v) is 6.45. The summed E-state index contributed by atoms with van der Waals surface area (Å²) in [6, 6.07) is 10.8. The number of hydrogen-bond donors (Lipinski definition) is 2. The third kappa shape index (κ3) is 4.57. The Morgan fingerprint density at radius 1 is 1.31 bits per heavy atom. The molecule has 0 saturated heterocycles. The van der Waals surface area contributed by atoms with E-state index in [1.54, 1.807) is 24.3 Å². The number of alkyl halides is 2. The summed E-state index contributed by atoms with van der Waals surface area (Å²) in [7, 11) is 0. The third-order valence-corrected chi connectivity index (χ3v) is 4.51. The minimum absolute atomic E-state index is 0.00328. The SMILES string of the molecule is C=CCn1c(=S)[nH]c2cc(C(=O)NCc3ccccc3OC(F)F)ccc2c1=O. The van der Waals surface area contributed by atoms with Crippen LogP contribution >= 0.6 is 12.2 Å². The monoisotopic (exact) mass is 417 g/mol. The molecule has 9 heteroatoms. The summed E-state index contributed by atoms with van der Waals surface area (Å²) in [5.74, 6) is -0.443. The first-order valence-electron chi connectivity index (χ1n) is 8.59. The summed E-state index contributed by atoms with van der Waals surface area (Å²) < 4.78 is 31.0. The van der Waals surface area contributed by atoms with Gasteiger partial charge in [-0.2, -0.15) is 8.78 Å². The van der Waals surface area contributed by atoms with Crippen molar-refractivity contribution in [3.63, 3.8) is 0 Å². The van der Waals surface area contributed by atoms with E-state index in [1.807, 2.05) is 0 Å². The summed E-state index contributed by atoms with van der Waals surface area (Å²) in [6.45, 7) is 0.909. The number of aromatic amines is 1. The predicted molar refractivity (Wildman–Crippen MR) is 108 cm³/mol. The van der Waals surface area contributed by atoms with E-state index in [2.05, 4.69) is 21.6 Å². The van der Waals surface area contributed by atoms with Gasteiger partial charge in [-0.1, -0.05) is 24.3 Å². The van der Waals surface area contributed by atoms with Crippen molar-refractivity contribution in [3.05, 3.63) is 81.4 Å². The van der Waals surface area contributed by atoms with Gasteiger partial charge in [0.1, 0.15) is 5.75 Å². The molecule has 2 N–H and O–H groups in total. The molecule has 150 valence electrons. The van der Waals surface area contributed by atoms with Crippen molar-refractivity contribution in [1.82, 2.24) is 14.9 Å². The molecular weight excluding hydrogens is 400 g/mol. The number of nitrogens with zero attached hydrogens (tertiary/aromatic N) is 1. The number of H-pyrrole nitrogens is 1. The Hall–Kier alpha value is -3.33. The molecule has 6 nitrogen and oxygen atoms in total. The zero-order chi connectivity index (χ0) is 21.0. The Bertz CT molecular complexity index is 1190. The van der Waals surface area contributed by atoms with Gasteiger partial charge in [0.25, 0.3) is 11.5 Å². The van der Waals surface area contributed by atoms with E-state index >= 15 is 0 Å². The molecule has 0 spiro atoms. The standard InChI is InChI=1S/C20H17F2N3O3S/c1-2-9-25-18(27)14-8-7-12(10-15(14)24-20(25)29)17(26)23-11-13-5-3-4-6-16(13)28-19(21)22/h2-8,10,19H,1,9,11H2,(H,23,26)(H,24,29). The van der Waals surface area contributed by atoms with Crippen LogP contribution in [-0.2, 0) is 13.1 Å². The van der Waals surface area contributed by atoms with Crippen molar-refractivity contribution >= 4 is 29.0 Å². The van der Waals surface area contributed by atoms with Gasteiger partial charge in [-0.3, -0.25) is 14.2 Å². The third-order valence-electron chi connectivity index (χ3n) is 4.18. The lowest BCUT2D eigenvalue weighted by atomic mass is 10.1. The molecule has 0 aliphatic rings. The lowest BCUT2D eigenvalue weighted by Gasteiger charge is -2.12. The first-order valence-corrected chi connectivity index (χ1v) is 9.00. The number of halogens is 2. The van der Waals surface area contributed by atoms with Gasteiger partial charge in [-0.15, -0.1) is 6.58 Å². The molecule has 0 fully saturated rings. The smallest absolute Gasteiger partial charge is 0.387 e. The van der Waals surface area contributed by atoms with E-state index in [-0.39, 0.29) is 34.7 Å². The number of para-hydroxylation sites is 1. The number of carbonyl (C=O) groups excluding carboxylic acids is 1. The number of nitrogens with one attached hydrogen (secondary N) is 2. The fourth-order valence-electron chi connectivity index (χ4n) is 2.83. The Morgan fingerprint density at radius 3 is 2.79 bits per heavy atom. The Balaban J connectivity index is 1.83. The minimum atomic E-state index is -2.96. The fraction of sp³-hybridized carbons (Fsp3) is 0.150. The van der Waals surface area contributed by atoms with Crippen molar-refractivity contribution < 1.29 is 18.3 Å². The van der Waals surface area contributed by atoms with E-state index in [1.165, 1.54) is 28.8 Å². The van der Waals surface area contributed by atoms with Crippen LogP contribution in [0, 0.1) is 4.77 Å². The number of hydrogen-bond acceptors (Lipinski definition) is 4. The predicted octanol–water partition coefficient (Wildman–Crippen LogP) is 3.78.